The van der Waals surface area contributed by atoms with E-state index in [0.717, 1.165) is 5.56 Å². The summed E-state index contributed by atoms with van der Waals surface area (Å²) >= 11 is 0. The monoisotopic (exact) mass is 346 g/mol. The Bertz CT molecular complexity index is 617. The summed E-state index contributed by atoms with van der Waals surface area (Å²) in [4.78, 5) is 27.0. The Hall–Kier alpha value is -2.34. The highest BCUT2D eigenvalue weighted by atomic mass is 16.5. The highest BCUT2D eigenvalue weighted by Crippen LogP contribution is 2.40. The summed E-state index contributed by atoms with van der Waals surface area (Å²) in [6.45, 7) is 4.89. The van der Waals surface area contributed by atoms with E-state index < -0.39 is 0 Å². The van der Waals surface area contributed by atoms with Gasteiger partial charge in [0.1, 0.15) is 5.75 Å². The molecule has 1 aromatic carbocycles. The van der Waals surface area contributed by atoms with Gasteiger partial charge in [-0.2, -0.15) is 0 Å². The van der Waals surface area contributed by atoms with Gasteiger partial charge in [-0.15, -0.1) is 6.58 Å². The van der Waals surface area contributed by atoms with E-state index in [2.05, 4.69) is 11.9 Å². The zero-order valence-electron chi connectivity index (χ0n) is 14.9. The Labute approximate surface area is 148 Å². The lowest BCUT2D eigenvalue weighted by molar-refractivity contribution is -0.144. The minimum atomic E-state index is -0.377. The molecule has 1 saturated heterocycles. The number of likely N-dealkylation sites (tertiary alicyclic amines) is 1. The quantitative estimate of drug-likeness (QED) is 0.730. The van der Waals surface area contributed by atoms with Crippen molar-refractivity contribution in [1.29, 1.82) is 0 Å². The molecule has 1 aliphatic heterocycles. The first-order valence-electron chi connectivity index (χ1n) is 8.44. The maximum atomic E-state index is 12.7. The summed E-state index contributed by atoms with van der Waals surface area (Å²) in [6, 6.07) is 7.15. The van der Waals surface area contributed by atoms with Crippen molar-refractivity contribution in [3.05, 3.63) is 42.5 Å². The second-order valence-corrected chi connectivity index (χ2v) is 5.95. The molecule has 2 atom stereocenters. The summed E-state index contributed by atoms with van der Waals surface area (Å²) in [5.74, 6) is 0.281. The van der Waals surface area contributed by atoms with Gasteiger partial charge < -0.3 is 19.7 Å². The highest BCUT2D eigenvalue weighted by molar-refractivity contribution is 5.85. The molecule has 1 heterocycles. The Morgan fingerprint density at radius 1 is 1.40 bits per heavy atom. The molecular formula is C19H26N2O4. The van der Waals surface area contributed by atoms with Crippen LogP contribution in [-0.4, -0.2) is 50.6 Å². The third-order valence-corrected chi connectivity index (χ3v) is 4.46. The van der Waals surface area contributed by atoms with Crippen LogP contribution in [0.4, 0.5) is 0 Å². The number of methoxy groups -OCH3 is 2. The summed E-state index contributed by atoms with van der Waals surface area (Å²) in [5.41, 5.74) is 0.841. The van der Waals surface area contributed by atoms with Crippen LogP contribution < -0.4 is 10.1 Å². The second-order valence-electron chi connectivity index (χ2n) is 5.95. The molecule has 0 aliphatic carbocycles. The first kappa shape index (κ1) is 19.0. The lowest BCUT2D eigenvalue weighted by Gasteiger charge is -2.41. The van der Waals surface area contributed by atoms with Crippen molar-refractivity contribution in [2.45, 2.75) is 18.9 Å². The van der Waals surface area contributed by atoms with Crippen molar-refractivity contribution < 1.29 is 19.1 Å². The topological polar surface area (TPSA) is 67.9 Å². The first-order chi connectivity index (χ1) is 12.1. The number of para-hydroxylation sites is 1. The van der Waals surface area contributed by atoms with E-state index in [1.54, 1.807) is 25.2 Å². The van der Waals surface area contributed by atoms with Gasteiger partial charge >= 0.3 is 0 Å². The number of carbonyl (C=O) groups is 2. The number of amides is 2. The van der Waals surface area contributed by atoms with Crippen LogP contribution in [-0.2, 0) is 14.3 Å². The fourth-order valence-electron chi connectivity index (χ4n) is 3.28. The summed E-state index contributed by atoms with van der Waals surface area (Å²) in [6.07, 6.45) is 2.50. The van der Waals surface area contributed by atoms with Gasteiger partial charge in [0.05, 0.1) is 25.7 Å². The van der Waals surface area contributed by atoms with E-state index in [1.165, 1.54) is 0 Å². The minimum Gasteiger partial charge on any atom is -0.496 e. The molecule has 136 valence electrons. The number of rotatable bonds is 8. The molecule has 0 radical (unpaired) electrons. The molecule has 0 unspecified atom stereocenters. The van der Waals surface area contributed by atoms with Crippen molar-refractivity contribution in [3.63, 3.8) is 0 Å². The van der Waals surface area contributed by atoms with Gasteiger partial charge in [-0.25, -0.2) is 0 Å². The zero-order chi connectivity index (χ0) is 18.2. The van der Waals surface area contributed by atoms with Crippen LogP contribution in [0.25, 0.3) is 0 Å². The smallest absolute Gasteiger partial charge is 0.225 e. The Kier molecular flexibility index (Phi) is 7.01. The number of benzene rings is 1. The molecule has 2 amide bonds. The molecule has 0 spiro atoms. The molecule has 0 bridgehead atoms. The van der Waals surface area contributed by atoms with Crippen LogP contribution in [0.15, 0.2) is 36.9 Å². The highest BCUT2D eigenvalue weighted by Gasteiger charge is 2.41. The second kappa shape index (κ2) is 9.22. The number of nitrogens with zero attached hydrogens (tertiary/aromatic N) is 1. The first-order valence-corrected chi connectivity index (χ1v) is 8.44. The van der Waals surface area contributed by atoms with E-state index in [0.29, 0.717) is 38.3 Å². The van der Waals surface area contributed by atoms with E-state index in [9.17, 15) is 9.59 Å². The SMILES string of the molecule is C=CCNC(=O)[C@@H]1CCC(=O)N(CCOC)[C@H]1c1ccccc1OC. The van der Waals surface area contributed by atoms with Crippen molar-refractivity contribution in [2.75, 3.05) is 33.9 Å². The summed E-state index contributed by atoms with van der Waals surface area (Å²) < 4.78 is 10.6. The van der Waals surface area contributed by atoms with Gasteiger partial charge in [0.25, 0.3) is 0 Å². The van der Waals surface area contributed by atoms with Gasteiger partial charge in [-0.05, 0) is 12.5 Å². The lowest BCUT2D eigenvalue weighted by atomic mass is 9.83. The maximum Gasteiger partial charge on any atom is 0.225 e. The van der Waals surface area contributed by atoms with Crippen LogP contribution >= 0.6 is 0 Å². The van der Waals surface area contributed by atoms with Crippen molar-refractivity contribution in [3.8, 4) is 5.75 Å². The molecule has 1 fully saturated rings. The Morgan fingerprint density at radius 3 is 2.84 bits per heavy atom. The average molecular weight is 346 g/mol. The molecule has 1 aromatic rings. The number of carbonyl (C=O) groups excluding carboxylic acids is 2. The minimum absolute atomic E-state index is 0.0285. The maximum absolute atomic E-state index is 12.7. The van der Waals surface area contributed by atoms with Crippen LogP contribution in [0.3, 0.4) is 0 Å². The van der Waals surface area contributed by atoms with Crippen molar-refractivity contribution in [1.82, 2.24) is 10.2 Å². The summed E-state index contributed by atoms with van der Waals surface area (Å²) in [7, 11) is 3.19. The number of hydrogen-bond donors (Lipinski definition) is 1. The zero-order valence-corrected chi connectivity index (χ0v) is 14.9. The number of ether oxygens (including phenoxy) is 2. The molecule has 6 nitrogen and oxygen atoms in total. The molecule has 1 aliphatic rings. The average Bonchev–Trinajstić information content (AvgIpc) is 2.64. The molecule has 1 N–H and O–H groups in total. The van der Waals surface area contributed by atoms with Crippen molar-refractivity contribution >= 4 is 11.8 Å². The van der Waals surface area contributed by atoms with Crippen molar-refractivity contribution in [2.24, 2.45) is 5.92 Å². The lowest BCUT2D eigenvalue weighted by Crippen LogP contribution is -2.49. The standard InChI is InChI=1S/C19H26N2O4/c1-4-11-20-19(23)15-9-10-17(22)21(12-13-24-2)18(15)14-7-5-6-8-16(14)25-3/h4-8,15,18H,1,9-13H2,2-3H3,(H,20,23)/t15-,18+/m1/s1. The number of nitrogens with one attached hydrogen (secondary N) is 1. The number of hydrogen-bond acceptors (Lipinski definition) is 4. The van der Waals surface area contributed by atoms with Crippen LogP contribution in [0, 0.1) is 5.92 Å². The predicted octanol–water partition coefficient (Wildman–Crippen LogP) is 1.92. The van der Waals surface area contributed by atoms with Gasteiger partial charge in [0, 0.05) is 32.2 Å². The molecule has 6 heteroatoms. The predicted molar refractivity (Wildman–Crippen MR) is 95.3 cm³/mol. The van der Waals surface area contributed by atoms with E-state index in [1.807, 2.05) is 24.3 Å². The molecule has 2 rings (SSSR count). The van der Waals surface area contributed by atoms with Crippen LogP contribution in [0.1, 0.15) is 24.4 Å². The fourth-order valence-corrected chi connectivity index (χ4v) is 3.28. The third kappa shape index (κ3) is 4.39. The van der Waals surface area contributed by atoms with Gasteiger partial charge in [0.2, 0.25) is 11.8 Å². The number of piperidine rings is 1. The third-order valence-electron chi connectivity index (χ3n) is 4.46. The fraction of sp³-hybridized carbons (Fsp3) is 0.474. The van der Waals surface area contributed by atoms with Gasteiger partial charge in [-0.1, -0.05) is 24.3 Å². The molecule has 25 heavy (non-hydrogen) atoms. The molecule has 0 aromatic heterocycles. The van der Waals surface area contributed by atoms with E-state index in [4.69, 9.17) is 9.47 Å². The van der Waals surface area contributed by atoms with Gasteiger partial charge in [-0.3, -0.25) is 9.59 Å². The Morgan fingerprint density at radius 2 is 2.16 bits per heavy atom. The Balaban J connectivity index is 2.41. The normalized spacial score (nSPS) is 20.2. The molecular weight excluding hydrogens is 320 g/mol. The molecule has 0 saturated carbocycles. The van der Waals surface area contributed by atoms with Crippen LogP contribution in [0.2, 0.25) is 0 Å². The van der Waals surface area contributed by atoms with Crippen LogP contribution in [0.5, 0.6) is 5.75 Å². The van der Waals surface area contributed by atoms with E-state index in [-0.39, 0.29) is 23.8 Å². The van der Waals surface area contributed by atoms with Gasteiger partial charge in [0.15, 0.2) is 0 Å². The van der Waals surface area contributed by atoms with E-state index >= 15 is 0 Å². The summed E-state index contributed by atoms with van der Waals surface area (Å²) in [5, 5.41) is 2.86. The largest absolute Gasteiger partial charge is 0.496 e.